The van der Waals surface area contributed by atoms with Crippen molar-refractivity contribution in [2.45, 2.75) is 39.2 Å². The number of hydrogen-bond donors (Lipinski definition) is 1. The summed E-state index contributed by atoms with van der Waals surface area (Å²) in [6.45, 7) is 9.36. The van der Waals surface area contributed by atoms with E-state index in [-0.39, 0.29) is 11.3 Å². The Morgan fingerprint density at radius 3 is 2.33 bits per heavy atom. The van der Waals surface area contributed by atoms with E-state index in [2.05, 4.69) is 18.7 Å². The highest BCUT2D eigenvalue weighted by atomic mass is 16.4. The van der Waals surface area contributed by atoms with Gasteiger partial charge in [-0.3, -0.25) is 9.69 Å². The molecule has 2 saturated heterocycles. The maximum absolute atomic E-state index is 12.5. The van der Waals surface area contributed by atoms with Gasteiger partial charge in [-0.2, -0.15) is 0 Å². The Bertz CT molecular complexity index is 530. The van der Waals surface area contributed by atoms with E-state index in [1.165, 1.54) is 6.42 Å². The molecule has 0 aromatic carbocycles. The Kier molecular flexibility index (Phi) is 3.79. The Balaban J connectivity index is 1.27. The largest absolute Gasteiger partial charge is 0.465 e. The van der Waals surface area contributed by atoms with Crippen LogP contribution in [0.2, 0.25) is 0 Å². The predicted molar refractivity (Wildman–Crippen MR) is 89.6 cm³/mol. The van der Waals surface area contributed by atoms with Gasteiger partial charge in [0.05, 0.1) is 0 Å². The van der Waals surface area contributed by atoms with Crippen LogP contribution in [0.15, 0.2) is 0 Å². The van der Waals surface area contributed by atoms with Gasteiger partial charge >= 0.3 is 6.09 Å². The van der Waals surface area contributed by atoms with Crippen LogP contribution in [0.5, 0.6) is 0 Å². The van der Waals surface area contributed by atoms with Crippen LogP contribution in [-0.4, -0.2) is 77.1 Å². The first-order valence-corrected chi connectivity index (χ1v) is 9.48. The average molecular weight is 335 g/mol. The molecule has 4 aliphatic rings. The quantitative estimate of drug-likeness (QED) is 0.847. The van der Waals surface area contributed by atoms with Crippen LogP contribution in [0.1, 0.15) is 33.1 Å². The van der Waals surface area contributed by atoms with E-state index < -0.39 is 6.09 Å². The fourth-order valence-electron chi connectivity index (χ4n) is 5.64. The van der Waals surface area contributed by atoms with Gasteiger partial charge in [0, 0.05) is 56.6 Å². The van der Waals surface area contributed by atoms with Gasteiger partial charge in [0.1, 0.15) is 0 Å². The average Bonchev–Trinajstić information content (AvgIpc) is 2.92. The van der Waals surface area contributed by atoms with Crippen molar-refractivity contribution in [3.63, 3.8) is 0 Å². The number of carbonyl (C=O) groups excluding carboxylic acids is 1. The van der Waals surface area contributed by atoms with E-state index in [1.54, 1.807) is 4.90 Å². The van der Waals surface area contributed by atoms with Crippen molar-refractivity contribution in [1.29, 1.82) is 0 Å². The second kappa shape index (κ2) is 5.61. The van der Waals surface area contributed by atoms with Crippen LogP contribution in [0.3, 0.4) is 0 Å². The maximum atomic E-state index is 12.5. The summed E-state index contributed by atoms with van der Waals surface area (Å²) in [7, 11) is 0. The molecule has 6 nitrogen and oxygen atoms in total. The number of carboxylic acid groups (broad SMARTS) is 1. The number of amides is 2. The minimum Gasteiger partial charge on any atom is -0.465 e. The van der Waals surface area contributed by atoms with Crippen LogP contribution >= 0.6 is 0 Å². The van der Waals surface area contributed by atoms with Gasteiger partial charge in [-0.15, -0.1) is 0 Å². The van der Waals surface area contributed by atoms with Gasteiger partial charge < -0.3 is 14.9 Å². The Morgan fingerprint density at radius 1 is 1.17 bits per heavy atom. The zero-order valence-corrected chi connectivity index (χ0v) is 14.8. The molecule has 0 aromatic rings. The van der Waals surface area contributed by atoms with Crippen molar-refractivity contribution in [3.8, 4) is 0 Å². The molecule has 4 atom stereocenters. The third-order valence-electron chi connectivity index (χ3n) is 7.10. The van der Waals surface area contributed by atoms with Crippen LogP contribution in [0, 0.1) is 23.2 Å². The molecular formula is C18H29N3O3. The summed E-state index contributed by atoms with van der Waals surface area (Å²) >= 11 is 0. The number of piperidine rings is 1. The molecular weight excluding hydrogens is 306 g/mol. The molecule has 2 aliphatic carbocycles. The third kappa shape index (κ3) is 2.41. The number of fused-ring (bicyclic) bond motifs is 1. The highest BCUT2D eigenvalue weighted by Crippen LogP contribution is 2.55. The zero-order valence-electron chi connectivity index (χ0n) is 14.8. The summed E-state index contributed by atoms with van der Waals surface area (Å²) in [5.41, 5.74) is 0.256. The molecule has 2 heterocycles. The van der Waals surface area contributed by atoms with Crippen LogP contribution in [0.25, 0.3) is 0 Å². The van der Waals surface area contributed by atoms with Gasteiger partial charge in [0.2, 0.25) is 5.91 Å². The lowest BCUT2D eigenvalue weighted by Gasteiger charge is -2.47. The van der Waals surface area contributed by atoms with Gasteiger partial charge in [-0.1, -0.05) is 0 Å². The van der Waals surface area contributed by atoms with Crippen molar-refractivity contribution in [2.24, 2.45) is 23.2 Å². The van der Waals surface area contributed by atoms with Crippen molar-refractivity contribution in [3.05, 3.63) is 0 Å². The van der Waals surface area contributed by atoms with Crippen molar-refractivity contribution >= 4 is 12.0 Å². The Morgan fingerprint density at radius 2 is 1.79 bits per heavy atom. The number of carbonyl (C=O) groups is 2. The normalized spacial score (nSPS) is 36.5. The number of nitrogens with zero attached hydrogens (tertiary/aromatic N) is 3. The van der Waals surface area contributed by atoms with Crippen LogP contribution in [-0.2, 0) is 4.79 Å². The fourth-order valence-corrected chi connectivity index (χ4v) is 5.64. The summed E-state index contributed by atoms with van der Waals surface area (Å²) in [5.74, 6) is 1.80. The van der Waals surface area contributed by atoms with Gasteiger partial charge in [0.25, 0.3) is 0 Å². The van der Waals surface area contributed by atoms with Gasteiger partial charge in [0.15, 0.2) is 0 Å². The highest BCUT2D eigenvalue weighted by molar-refractivity contribution is 5.82. The predicted octanol–water partition coefficient (Wildman–Crippen LogP) is 1.57. The first kappa shape index (κ1) is 16.2. The van der Waals surface area contributed by atoms with E-state index in [4.69, 9.17) is 5.11 Å². The molecule has 2 amide bonds. The summed E-state index contributed by atoms with van der Waals surface area (Å²) in [6.07, 6.45) is 2.73. The summed E-state index contributed by atoms with van der Waals surface area (Å²) in [5, 5.41) is 9.04. The number of hydrogen-bond acceptors (Lipinski definition) is 3. The van der Waals surface area contributed by atoms with Crippen LogP contribution in [0.4, 0.5) is 4.79 Å². The minimum atomic E-state index is -0.774. The lowest BCUT2D eigenvalue weighted by atomic mass is 9.78. The zero-order chi connectivity index (χ0) is 17.1. The molecule has 0 aromatic heterocycles. The van der Waals surface area contributed by atoms with E-state index >= 15 is 0 Å². The SMILES string of the molecule is CCN(CC)C(=O)[C@H]1[C@@H]2CN(C3CCC4(C3)CN(C(=O)O)C4)C[C@@H]21. The molecule has 1 N–H and O–H groups in total. The summed E-state index contributed by atoms with van der Waals surface area (Å²) in [4.78, 5) is 29.6. The van der Waals surface area contributed by atoms with Crippen molar-refractivity contribution in [2.75, 3.05) is 39.3 Å². The maximum Gasteiger partial charge on any atom is 0.407 e. The lowest BCUT2D eigenvalue weighted by molar-refractivity contribution is -0.133. The molecule has 1 spiro atoms. The number of rotatable bonds is 4. The van der Waals surface area contributed by atoms with E-state index in [0.717, 1.165) is 52.1 Å². The Labute approximate surface area is 143 Å². The van der Waals surface area contributed by atoms with Crippen molar-refractivity contribution < 1.29 is 14.7 Å². The molecule has 0 radical (unpaired) electrons. The minimum absolute atomic E-state index is 0.256. The third-order valence-corrected chi connectivity index (χ3v) is 7.10. The molecule has 2 saturated carbocycles. The molecule has 4 rings (SSSR count). The molecule has 1 unspecified atom stereocenters. The highest BCUT2D eigenvalue weighted by Gasteiger charge is 2.62. The standard InChI is InChI=1S/C18H29N3O3/c1-3-19(4-2)16(22)15-13-8-20(9-14(13)15)12-5-6-18(7-12)10-21(11-18)17(23)24/h12-15H,3-11H2,1-2H3,(H,23,24)/t12?,13-,14+,15+. The first-order valence-electron chi connectivity index (χ1n) is 9.48. The second-order valence-corrected chi connectivity index (χ2v) is 8.35. The lowest BCUT2D eigenvalue weighted by Crippen LogP contribution is -2.57. The topological polar surface area (TPSA) is 64.1 Å². The van der Waals surface area contributed by atoms with E-state index in [1.807, 2.05) is 4.90 Å². The molecule has 0 bridgehead atoms. The smallest absolute Gasteiger partial charge is 0.407 e. The number of likely N-dealkylation sites (tertiary alicyclic amines) is 2. The monoisotopic (exact) mass is 335 g/mol. The Hall–Kier alpha value is -1.30. The molecule has 2 aliphatic heterocycles. The van der Waals surface area contributed by atoms with Gasteiger partial charge in [-0.05, 0) is 44.9 Å². The molecule has 6 heteroatoms. The molecule has 4 fully saturated rings. The fraction of sp³-hybridized carbons (Fsp3) is 0.889. The molecule has 134 valence electrons. The van der Waals surface area contributed by atoms with E-state index in [9.17, 15) is 9.59 Å². The first-order chi connectivity index (χ1) is 11.5. The van der Waals surface area contributed by atoms with E-state index in [0.29, 0.717) is 23.8 Å². The summed E-state index contributed by atoms with van der Waals surface area (Å²) in [6, 6.07) is 0.609. The van der Waals surface area contributed by atoms with Crippen LogP contribution < -0.4 is 0 Å². The van der Waals surface area contributed by atoms with Crippen molar-refractivity contribution in [1.82, 2.24) is 14.7 Å². The molecule has 24 heavy (non-hydrogen) atoms. The second-order valence-electron chi connectivity index (χ2n) is 8.35. The van der Waals surface area contributed by atoms with Gasteiger partial charge in [-0.25, -0.2) is 4.79 Å². The summed E-state index contributed by atoms with van der Waals surface area (Å²) < 4.78 is 0.